The number of piperidine rings is 1. The van der Waals surface area contributed by atoms with Crippen LogP contribution in [0.25, 0.3) is 11.0 Å². The fraction of sp³-hybridized carbons (Fsp3) is 0.565. The molecule has 2 aromatic rings. The zero-order chi connectivity index (χ0) is 22.3. The number of carbonyl (C=O) groups is 2. The molecular formula is C23H29N3O5. The van der Waals surface area contributed by atoms with Gasteiger partial charge in [0.15, 0.2) is 0 Å². The molecule has 166 valence electrons. The lowest BCUT2D eigenvalue weighted by Gasteiger charge is -2.40. The Morgan fingerprint density at radius 3 is 2.35 bits per heavy atom. The van der Waals surface area contributed by atoms with Crippen LogP contribution in [0.4, 0.5) is 4.79 Å². The number of rotatable bonds is 3. The molecule has 2 fully saturated rings. The quantitative estimate of drug-likeness (QED) is 0.694. The van der Waals surface area contributed by atoms with Crippen molar-refractivity contribution in [2.75, 3.05) is 6.61 Å². The van der Waals surface area contributed by atoms with Gasteiger partial charge in [0.05, 0.1) is 17.6 Å². The molecule has 31 heavy (non-hydrogen) atoms. The van der Waals surface area contributed by atoms with Gasteiger partial charge in [0.1, 0.15) is 5.60 Å². The van der Waals surface area contributed by atoms with Crippen LogP contribution in [-0.2, 0) is 9.47 Å². The topological polar surface area (TPSA) is 90.7 Å². The normalized spacial score (nSPS) is 23.1. The zero-order valence-corrected chi connectivity index (χ0v) is 18.5. The molecule has 0 saturated carbocycles. The van der Waals surface area contributed by atoms with E-state index in [1.165, 1.54) is 0 Å². The van der Waals surface area contributed by atoms with E-state index in [1.807, 2.05) is 43.9 Å². The molecule has 8 heteroatoms. The Bertz CT molecular complexity index is 1060. The van der Waals surface area contributed by atoms with Crippen LogP contribution in [-0.4, -0.2) is 50.8 Å². The van der Waals surface area contributed by atoms with Crippen LogP contribution in [0.2, 0.25) is 0 Å². The number of hydrogen-bond acceptors (Lipinski definition) is 6. The third-order valence-corrected chi connectivity index (χ3v) is 5.94. The van der Waals surface area contributed by atoms with Crippen LogP contribution in [0.1, 0.15) is 69.9 Å². The number of hydrogen-bond donors (Lipinski definition) is 0. The first-order valence-electron chi connectivity index (χ1n) is 10.9. The van der Waals surface area contributed by atoms with Gasteiger partial charge >= 0.3 is 12.1 Å². The van der Waals surface area contributed by atoms with Crippen molar-refractivity contribution in [3.63, 3.8) is 0 Å². The lowest BCUT2D eigenvalue weighted by Crippen LogP contribution is -2.50. The Kier molecular flexibility index (Phi) is 5.49. The van der Waals surface area contributed by atoms with Crippen molar-refractivity contribution in [3.05, 3.63) is 40.3 Å². The minimum atomic E-state index is -0.707. The average molecular weight is 428 g/mol. The van der Waals surface area contributed by atoms with E-state index in [2.05, 4.69) is 4.98 Å². The standard InChI is InChI=1S/C23H29N3O5/c1-5-30-21(28)19-20(27)26(18-9-7-6-8-17(18)24-19)16-12-14-10-11-15(13-16)25(14)22(29)31-23(2,3)4/h6-9,14-16H,5,10-13H2,1-4H3/t14-,15+,16?. The summed E-state index contributed by atoms with van der Waals surface area (Å²) in [6.45, 7) is 7.45. The SMILES string of the molecule is CCOC(=O)c1nc2ccccc2n(C2C[C@H]3CC[C@@H](C2)N3C(=O)OC(C)(C)C)c1=O. The first-order chi connectivity index (χ1) is 14.7. The first kappa shape index (κ1) is 21.3. The molecule has 0 N–H and O–H groups in total. The molecule has 0 radical (unpaired) electrons. The summed E-state index contributed by atoms with van der Waals surface area (Å²) < 4.78 is 12.4. The van der Waals surface area contributed by atoms with Crippen LogP contribution in [0.5, 0.6) is 0 Å². The number of benzene rings is 1. The maximum absolute atomic E-state index is 13.3. The fourth-order valence-corrected chi connectivity index (χ4v) is 4.82. The number of aromatic nitrogens is 2. The second-order valence-electron chi connectivity index (χ2n) is 9.24. The van der Waals surface area contributed by atoms with Gasteiger partial charge in [-0.05, 0) is 65.5 Å². The molecule has 2 aliphatic heterocycles. The lowest BCUT2D eigenvalue weighted by atomic mass is 9.97. The van der Waals surface area contributed by atoms with Crippen LogP contribution >= 0.6 is 0 Å². The van der Waals surface area contributed by atoms with E-state index in [0.29, 0.717) is 23.9 Å². The molecule has 2 aliphatic rings. The van der Waals surface area contributed by atoms with Gasteiger partial charge in [-0.1, -0.05) is 12.1 Å². The molecule has 1 unspecified atom stereocenters. The molecule has 1 aromatic carbocycles. The van der Waals surface area contributed by atoms with E-state index in [1.54, 1.807) is 17.6 Å². The van der Waals surface area contributed by atoms with E-state index in [4.69, 9.17) is 9.47 Å². The second kappa shape index (κ2) is 7.98. The van der Waals surface area contributed by atoms with Crippen molar-refractivity contribution < 1.29 is 19.1 Å². The maximum Gasteiger partial charge on any atom is 0.410 e. The highest BCUT2D eigenvalue weighted by Crippen LogP contribution is 2.41. The molecule has 1 amide bonds. The summed E-state index contributed by atoms with van der Waals surface area (Å²) in [5.41, 5.74) is 0.0811. The van der Waals surface area contributed by atoms with Crippen molar-refractivity contribution >= 4 is 23.1 Å². The van der Waals surface area contributed by atoms with E-state index < -0.39 is 17.1 Å². The van der Waals surface area contributed by atoms with E-state index in [-0.39, 0.29) is 36.5 Å². The van der Waals surface area contributed by atoms with E-state index >= 15 is 0 Å². The van der Waals surface area contributed by atoms with E-state index in [9.17, 15) is 14.4 Å². The second-order valence-corrected chi connectivity index (χ2v) is 9.24. The van der Waals surface area contributed by atoms with Crippen molar-refractivity contribution in [2.45, 2.75) is 77.1 Å². The van der Waals surface area contributed by atoms with Gasteiger partial charge < -0.3 is 18.9 Å². The third kappa shape index (κ3) is 4.03. The van der Waals surface area contributed by atoms with Gasteiger partial charge in [-0.25, -0.2) is 14.6 Å². The first-order valence-corrected chi connectivity index (χ1v) is 10.9. The summed E-state index contributed by atoms with van der Waals surface area (Å²) >= 11 is 0. The summed E-state index contributed by atoms with van der Waals surface area (Å²) in [6.07, 6.45) is 2.72. The largest absolute Gasteiger partial charge is 0.461 e. The summed E-state index contributed by atoms with van der Waals surface area (Å²) in [5, 5.41) is 0. The molecule has 2 saturated heterocycles. The van der Waals surface area contributed by atoms with Crippen molar-refractivity contribution in [3.8, 4) is 0 Å². The van der Waals surface area contributed by atoms with Crippen LogP contribution in [0.15, 0.2) is 29.1 Å². The molecule has 0 aliphatic carbocycles. The Labute approximate surface area is 181 Å². The highest BCUT2D eigenvalue weighted by molar-refractivity contribution is 5.89. The van der Waals surface area contributed by atoms with Gasteiger partial charge in [-0.2, -0.15) is 0 Å². The highest BCUT2D eigenvalue weighted by Gasteiger charge is 2.46. The summed E-state index contributed by atoms with van der Waals surface area (Å²) in [5.74, 6) is -0.707. The van der Waals surface area contributed by atoms with Crippen LogP contribution < -0.4 is 5.56 Å². The molecule has 2 bridgehead atoms. The van der Waals surface area contributed by atoms with Gasteiger partial charge in [0.2, 0.25) is 5.69 Å². The van der Waals surface area contributed by atoms with E-state index in [0.717, 1.165) is 12.8 Å². The number of esters is 1. The monoisotopic (exact) mass is 427 g/mol. The van der Waals surface area contributed by atoms with Crippen molar-refractivity contribution in [1.82, 2.24) is 14.5 Å². The van der Waals surface area contributed by atoms with Crippen LogP contribution in [0.3, 0.4) is 0 Å². The number of nitrogens with zero attached hydrogens (tertiary/aromatic N) is 3. The number of fused-ring (bicyclic) bond motifs is 3. The zero-order valence-electron chi connectivity index (χ0n) is 18.5. The maximum atomic E-state index is 13.3. The Morgan fingerprint density at radius 1 is 1.10 bits per heavy atom. The fourth-order valence-electron chi connectivity index (χ4n) is 4.82. The Morgan fingerprint density at radius 2 is 1.74 bits per heavy atom. The number of ether oxygens (including phenoxy) is 2. The average Bonchev–Trinajstić information content (AvgIpc) is 2.97. The third-order valence-electron chi connectivity index (χ3n) is 5.94. The molecular weight excluding hydrogens is 398 g/mol. The molecule has 4 rings (SSSR count). The summed E-state index contributed by atoms with van der Waals surface area (Å²) in [6, 6.07) is 7.19. The Hall–Kier alpha value is -2.90. The minimum absolute atomic E-state index is 0.00321. The molecule has 3 atom stereocenters. The minimum Gasteiger partial charge on any atom is -0.461 e. The van der Waals surface area contributed by atoms with Crippen molar-refractivity contribution in [1.29, 1.82) is 0 Å². The Balaban J connectivity index is 1.71. The summed E-state index contributed by atoms with van der Waals surface area (Å²) in [7, 11) is 0. The van der Waals surface area contributed by atoms with Gasteiger partial charge in [0.25, 0.3) is 5.56 Å². The molecule has 3 heterocycles. The van der Waals surface area contributed by atoms with Gasteiger partial charge in [0, 0.05) is 18.1 Å². The number of carbonyl (C=O) groups excluding carboxylic acids is 2. The van der Waals surface area contributed by atoms with Crippen LogP contribution in [0, 0.1) is 0 Å². The lowest BCUT2D eigenvalue weighted by molar-refractivity contribution is 0.00300. The van der Waals surface area contributed by atoms with Gasteiger partial charge in [-0.15, -0.1) is 0 Å². The number of amides is 1. The molecule has 0 spiro atoms. The predicted octanol–water partition coefficient (Wildman–Crippen LogP) is 3.68. The smallest absolute Gasteiger partial charge is 0.410 e. The number of para-hydroxylation sites is 2. The molecule has 8 nitrogen and oxygen atoms in total. The predicted molar refractivity (Wildman–Crippen MR) is 115 cm³/mol. The summed E-state index contributed by atoms with van der Waals surface area (Å²) in [4.78, 5) is 44.6. The van der Waals surface area contributed by atoms with Gasteiger partial charge in [-0.3, -0.25) is 4.79 Å². The van der Waals surface area contributed by atoms with Crippen molar-refractivity contribution in [2.24, 2.45) is 0 Å². The highest BCUT2D eigenvalue weighted by atomic mass is 16.6. The molecule has 1 aromatic heterocycles.